The highest BCUT2D eigenvalue weighted by atomic mass is 32.2. The summed E-state index contributed by atoms with van der Waals surface area (Å²) in [4.78, 5) is 15.5. The van der Waals surface area contributed by atoms with Crippen LogP contribution in [0.15, 0.2) is 54.7 Å². The van der Waals surface area contributed by atoms with Crippen molar-refractivity contribution < 1.29 is 23.1 Å². The first-order chi connectivity index (χ1) is 17.1. The summed E-state index contributed by atoms with van der Waals surface area (Å²) in [5, 5.41) is 12.5. The van der Waals surface area contributed by atoms with E-state index in [1.165, 1.54) is 6.26 Å². The molecule has 1 saturated carbocycles. The fourth-order valence-electron chi connectivity index (χ4n) is 4.54. The molecule has 8 heteroatoms. The quantitative estimate of drug-likeness (QED) is 0.352. The van der Waals surface area contributed by atoms with Gasteiger partial charge in [0.15, 0.2) is 0 Å². The molecule has 1 unspecified atom stereocenters. The van der Waals surface area contributed by atoms with E-state index in [4.69, 9.17) is 9.84 Å². The van der Waals surface area contributed by atoms with Gasteiger partial charge in [0, 0.05) is 24.4 Å². The normalized spacial score (nSPS) is 17.0. The van der Waals surface area contributed by atoms with Crippen LogP contribution in [0.5, 0.6) is 5.75 Å². The van der Waals surface area contributed by atoms with Gasteiger partial charge in [-0.25, -0.2) is 8.42 Å². The maximum absolute atomic E-state index is 11.3. The molecule has 0 bridgehead atoms. The van der Waals surface area contributed by atoms with E-state index in [1.54, 1.807) is 6.20 Å². The Balaban J connectivity index is 1.38. The molecule has 7 nitrogen and oxygen atoms in total. The van der Waals surface area contributed by atoms with Crippen molar-refractivity contribution in [3.8, 4) is 16.9 Å². The number of ether oxygens (including phenoxy) is 1. The lowest BCUT2D eigenvalue weighted by Gasteiger charge is -2.15. The number of carboxylic acid groups (broad SMARTS) is 1. The van der Waals surface area contributed by atoms with Crippen molar-refractivity contribution in [2.45, 2.75) is 39.2 Å². The minimum absolute atomic E-state index is 0.0315. The van der Waals surface area contributed by atoms with Crippen molar-refractivity contribution in [2.75, 3.05) is 23.9 Å². The Labute approximate surface area is 212 Å². The second kappa shape index (κ2) is 10.7. The largest absolute Gasteiger partial charge is 0.494 e. The van der Waals surface area contributed by atoms with Gasteiger partial charge in [0.2, 0.25) is 0 Å². The monoisotopic (exact) mass is 508 g/mol. The predicted molar refractivity (Wildman–Crippen MR) is 141 cm³/mol. The first-order valence-electron chi connectivity index (χ1n) is 12.0. The molecule has 1 aromatic heterocycles. The molecular weight excluding hydrogens is 476 g/mol. The Morgan fingerprint density at radius 2 is 1.89 bits per heavy atom. The van der Waals surface area contributed by atoms with Gasteiger partial charge in [0.25, 0.3) is 0 Å². The Bertz CT molecular complexity index is 1330. The van der Waals surface area contributed by atoms with Gasteiger partial charge in [-0.15, -0.1) is 0 Å². The highest BCUT2D eigenvalue weighted by molar-refractivity contribution is 7.90. The second-order valence-corrected chi connectivity index (χ2v) is 11.8. The van der Waals surface area contributed by atoms with Crippen LogP contribution in [0.25, 0.3) is 11.1 Å². The van der Waals surface area contributed by atoms with Gasteiger partial charge in [-0.1, -0.05) is 18.2 Å². The van der Waals surface area contributed by atoms with Gasteiger partial charge in [0.1, 0.15) is 15.6 Å². The number of anilines is 1. The van der Waals surface area contributed by atoms with Crippen LogP contribution in [0.3, 0.4) is 0 Å². The third-order valence-electron chi connectivity index (χ3n) is 6.42. The molecule has 4 rings (SSSR count). The number of nitrogens with one attached hydrogen (secondary N) is 1. The zero-order valence-corrected chi connectivity index (χ0v) is 21.6. The first-order valence-corrected chi connectivity index (χ1v) is 14.1. The minimum atomic E-state index is -2.98. The van der Waals surface area contributed by atoms with Gasteiger partial charge < -0.3 is 15.2 Å². The number of benzene rings is 2. The number of sulfone groups is 1. The van der Waals surface area contributed by atoms with E-state index in [2.05, 4.69) is 42.3 Å². The van der Waals surface area contributed by atoms with Crippen molar-refractivity contribution in [1.29, 1.82) is 0 Å². The molecular formula is C28H32N2O5S. The van der Waals surface area contributed by atoms with Crippen molar-refractivity contribution in [3.05, 3.63) is 77.1 Å². The molecule has 0 spiro atoms. The average Bonchev–Trinajstić information content (AvgIpc) is 3.62. The van der Waals surface area contributed by atoms with Crippen LogP contribution in [0.2, 0.25) is 0 Å². The molecule has 1 fully saturated rings. The summed E-state index contributed by atoms with van der Waals surface area (Å²) in [5.74, 6) is -0.149. The van der Waals surface area contributed by atoms with Gasteiger partial charge in [-0.05, 0) is 84.8 Å². The van der Waals surface area contributed by atoms with Crippen LogP contribution in [0.1, 0.15) is 41.1 Å². The summed E-state index contributed by atoms with van der Waals surface area (Å²) in [6.07, 6.45) is 4.13. The van der Waals surface area contributed by atoms with Crippen molar-refractivity contribution in [1.82, 2.24) is 4.98 Å². The SMILES string of the molecule is Cc1cc(OCCCS(C)(=O)=O)cc(C)c1-c1cccc(CNc2ccc([C@H]3CC3C(=O)O)nc2)c1. The van der Waals surface area contributed by atoms with Crippen LogP contribution in [0, 0.1) is 19.8 Å². The zero-order chi connectivity index (χ0) is 25.9. The van der Waals surface area contributed by atoms with Crippen LogP contribution >= 0.6 is 0 Å². The molecule has 0 aliphatic heterocycles. The molecule has 36 heavy (non-hydrogen) atoms. The lowest BCUT2D eigenvalue weighted by Crippen LogP contribution is -2.08. The standard InChI is InChI=1S/C28H32N2O5S/c1-18-12-23(35-10-5-11-36(3,33)34)13-19(2)27(18)21-7-4-6-20(14-21)16-29-22-8-9-26(30-17-22)24-15-25(24)28(31)32/h4,6-9,12-14,17,24-25,29H,5,10-11,15-16H2,1-3H3,(H,31,32)/t24-,25?/m0/s1. The van der Waals surface area contributed by atoms with Crippen molar-refractivity contribution in [3.63, 3.8) is 0 Å². The summed E-state index contributed by atoms with van der Waals surface area (Å²) in [7, 11) is -2.98. The van der Waals surface area contributed by atoms with E-state index < -0.39 is 15.8 Å². The number of aliphatic carboxylic acids is 1. The number of carbonyl (C=O) groups is 1. The van der Waals surface area contributed by atoms with Crippen molar-refractivity contribution in [2.24, 2.45) is 5.92 Å². The Hall–Kier alpha value is -3.39. The molecule has 1 heterocycles. The Kier molecular flexibility index (Phi) is 7.64. The maximum Gasteiger partial charge on any atom is 0.307 e. The smallest absolute Gasteiger partial charge is 0.307 e. The molecule has 2 aromatic carbocycles. The second-order valence-electron chi connectivity index (χ2n) is 9.58. The lowest BCUT2D eigenvalue weighted by molar-refractivity contribution is -0.138. The van der Waals surface area contributed by atoms with Gasteiger partial charge in [-0.3, -0.25) is 9.78 Å². The van der Waals surface area contributed by atoms with Crippen molar-refractivity contribution >= 4 is 21.5 Å². The highest BCUT2D eigenvalue weighted by Crippen LogP contribution is 2.46. The minimum Gasteiger partial charge on any atom is -0.494 e. The number of aromatic nitrogens is 1. The Morgan fingerprint density at radius 1 is 1.14 bits per heavy atom. The van der Waals surface area contributed by atoms with Gasteiger partial charge in [-0.2, -0.15) is 0 Å². The van der Waals surface area contributed by atoms with Gasteiger partial charge >= 0.3 is 5.97 Å². The molecule has 0 radical (unpaired) electrons. The highest BCUT2D eigenvalue weighted by Gasteiger charge is 2.45. The van der Waals surface area contributed by atoms with E-state index in [0.717, 1.165) is 44.9 Å². The topological polar surface area (TPSA) is 106 Å². The van der Waals surface area contributed by atoms with E-state index in [1.807, 2.05) is 30.3 Å². The summed E-state index contributed by atoms with van der Waals surface area (Å²) in [5.41, 5.74) is 7.32. The number of pyridine rings is 1. The number of carboxylic acids is 1. The van der Waals surface area contributed by atoms with E-state index in [9.17, 15) is 13.2 Å². The van der Waals surface area contributed by atoms with Crippen LogP contribution in [-0.4, -0.2) is 43.1 Å². The summed E-state index contributed by atoms with van der Waals surface area (Å²) in [6, 6.07) is 16.2. The third-order valence-corrected chi connectivity index (χ3v) is 7.45. The van der Waals surface area contributed by atoms with Crippen LogP contribution in [-0.2, 0) is 21.2 Å². The molecule has 2 atom stereocenters. The van der Waals surface area contributed by atoms with E-state index in [0.29, 0.717) is 26.0 Å². The molecule has 0 amide bonds. The van der Waals surface area contributed by atoms with E-state index >= 15 is 0 Å². The fourth-order valence-corrected chi connectivity index (χ4v) is 5.18. The predicted octanol–water partition coefficient (Wildman–Crippen LogP) is 4.98. The summed E-state index contributed by atoms with van der Waals surface area (Å²) in [6.45, 7) is 5.11. The molecule has 2 N–H and O–H groups in total. The maximum atomic E-state index is 11.3. The number of nitrogens with zero attached hydrogens (tertiary/aromatic N) is 1. The van der Waals surface area contributed by atoms with Crippen LogP contribution < -0.4 is 10.1 Å². The molecule has 0 saturated heterocycles. The average molecular weight is 509 g/mol. The zero-order valence-electron chi connectivity index (χ0n) is 20.8. The third kappa shape index (κ3) is 6.63. The number of rotatable bonds is 11. The Morgan fingerprint density at radius 3 is 2.50 bits per heavy atom. The first kappa shape index (κ1) is 25.7. The summed E-state index contributed by atoms with van der Waals surface area (Å²) >= 11 is 0. The number of hydrogen-bond acceptors (Lipinski definition) is 6. The molecule has 190 valence electrons. The number of hydrogen-bond donors (Lipinski definition) is 2. The molecule has 3 aromatic rings. The summed E-state index contributed by atoms with van der Waals surface area (Å²) < 4.78 is 28.4. The molecule has 1 aliphatic rings. The fraction of sp³-hybridized carbons (Fsp3) is 0.357. The lowest BCUT2D eigenvalue weighted by atomic mass is 9.94. The van der Waals surface area contributed by atoms with E-state index in [-0.39, 0.29) is 17.6 Å². The number of aryl methyl sites for hydroxylation is 2. The van der Waals surface area contributed by atoms with Gasteiger partial charge in [0.05, 0.1) is 30.2 Å². The molecule has 1 aliphatic carbocycles. The van der Waals surface area contributed by atoms with Crippen LogP contribution in [0.4, 0.5) is 5.69 Å².